The minimum atomic E-state index is 0.00179. The van der Waals surface area contributed by atoms with Crippen LogP contribution in [0.4, 0.5) is 0 Å². The molecule has 4 aromatic rings. The van der Waals surface area contributed by atoms with E-state index < -0.39 is 0 Å². The minimum Gasteiger partial charge on any atom is -0.494 e. The number of nitrogens with zero attached hydrogens (tertiary/aromatic N) is 5. The molecule has 2 aliphatic carbocycles. The smallest absolute Gasteiger partial charge is 0.254 e. The highest BCUT2D eigenvalue weighted by Gasteiger charge is 2.47. The number of piperidine rings is 1. The first-order chi connectivity index (χ1) is 18.0. The molecule has 3 fully saturated rings. The number of methoxy groups -OCH3 is 1. The number of rotatable bonds is 5. The maximum absolute atomic E-state index is 13.6. The second-order valence-electron chi connectivity index (χ2n) is 10.9. The lowest BCUT2D eigenvalue weighted by atomic mass is 10.1. The first-order valence-corrected chi connectivity index (χ1v) is 13.1. The summed E-state index contributed by atoms with van der Waals surface area (Å²) in [5.74, 6) is 2.52. The van der Waals surface area contributed by atoms with E-state index in [1.807, 2.05) is 42.3 Å². The van der Waals surface area contributed by atoms with Crippen LogP contribution in [0.2, 0.25) is 0 Å². The number of ether oxygens (including phenoxy) is 1. The molecule has 8 heteroatoms. The van der Waals surface area contributed by atoms with Gasteiger partial charge in [-0.05, 0) is 73.9 Å². The van der Waals surface area contributed by atoms with Crippen molar-refractivity contribution in [3.05, 3.63) is 47.5 Å². The normalized spacial score (nSPS) is 22.8. The molecule has 7 rings (SSSR count). The highest BCUT2D eigenvalue weighted by Crippen LogP contribution is 2.40. The van der Waals surface area contributed by atoms with E-state index in [2.05, 4.69) is 21.3 Å². The van der Waals surface area contributed by atoms with Crippen LogP contribution < -0.4 is 10.5 Å². The second kappa shape index (κ2) is 8.09. The van der Waals surface area contributed by atoms with Crippen LogP contribution >= 0.6 is 0 Å². The van der Waals surface area contributed by atoms with Gasteiger partial charge in [-0.1, -0.05) is 0 Å². The maximum atomic E-state index is 13.6. The molecule has 8 nitrogen and oxygen atoms in total. The quantitative estimate of drug-likeness (QED) is 0.451. The van der Waals surface area contributed by atoms with E-state index in [0.717, 1.165) is 59.4 Å². The van der Waals surface area contributed by atoms with E-state index in [9.17, 15) is 10.1 Å². The number of imidazole rings is 1. The van der Waals surface area contributed by atoms with Crippen LogP contribution in [0.5, 0.6) is 5.75 Å². The monoisotopic (exact) mass is 494 g/mol. The van der Waals surface area contributed by atoms with Gasteiger partial charge in [0.15, 0.2) is 5.82 Å². The van der Waals surface area contributed by atoms with Crippen molar-refractivity contribution < 1.29 is 9.53 Å². The van der Waals surface area contributed by atoms with Gasteiger partial charge in [0.1, 0.15) is 11.3 Å². The zero-order valence-electron chi connectivity index (χ0n) is 21.1. The summed E-state index contributed by atoms with van der Waals surface area (Å²) in [4.78, 5) is 20.6. The first kappa shape index (κ1) is 22.4. The number of hydrogen-bond acceptors (Lipinski definition) is 5. The summed E-state index contributed by atoms with van der Waals surface area (Å²) >= 11 is 0. The van der Waals surface area contributed by atoms with Crippen LogP contribution in [0.1, 0.15) is 41.6 Å². The van der Waals surface area contributed by atoms with Gasteiger partial charge in [-0.3, -0.25) is 4.79 Å². The summed E-state index contributed by atoms with van der Waals surface area (Å²) in [6.07, 6.45) is 4.55. The van der Waals surface area contributed by atoms with Crippen molar-refractivity contribution in [1.29, 1.82) is 5.26 Å². The Morgan fingerprint density at radius 2 is 2.03 bits per heavy atom. The number of likely N-dealkylation sites (tertiary alicyclic amines) is 1. The van der Waals surface area contributed by atoms with Crippen LogP contribution in [0, 0.1) is 23.2 Å². The highest BCUT2D eigenvalue weighted by atomic mass is 16.5. The first-order valence-electron chi connectivity index (χ1n) is 13.1. The molecule has 2 saturated carbocycles. The Bertz CT molecular complexity index is 1620. The van der Waals surface area contributed by atoms with Gasteiger partial charge in [0.05, 0.1) is 30.0 Å². The molecule has 3 atom stereocenters. The van der Waals surface area contributed by atoms with Crippen molar-refractivity contribution in [3.63, 3.8) is 0 Å². The van der Waals surface area contributed by atoms with E-state index in [-0.39, 0.29) is 18.0 Å². The van der Waals surface area contributed by atoms with Crippen molar-refractivity contribution in [2.45, 2.75) is 44.3 Å². The van der Waals surface area contributed by atoms with E-state index in [4.69, 9.17) is 15.5 Å². The van der Waals surface area contributed by atoms with Crippen LogP contribution in [-0.2, 0) is 13.6 Å². The Kier molecular flexibility index (Phi) is 4.89. The standard InChI is InChI=1S/C29H30N6O2/c1-33-27-21(10-20(12-25(27)37-2)29(36)35-15-18-6-8-23(35)26(18)31)32-28(33)24-11-19-9-17(13-30)5-7-22(19)34(24)14-16-3-4-16/h5,7,9-12,16,18,23,26H,3-4,6,8,14-15,31H2,1-2H3/t18-,23?,26+/m1/s1. The molecule has 3 heterocycles. The number of nitriles is 1. The van der Waals surface area contributed by atoms with Crippen molar-refractivity contribution in [3.8, 4) is 23.3 Å². The Balaban J connectivity index is 1.35. The van der Waals surface area contributed by atoms with Crippen molar-refractivity contribution in [2.24, 2.45) is 24.6 Å². The van der Waals surface area contributed by atoms with Crippen LogP contribution in [0.3, 0.4) is 0 Å². The van der Waals surface area contributed by atoms with E-state index >= 15 is 0 Å². The van der Waals surface area contributed by atoms with Gasteiger partial charge in [0.2, 0.25) is 0 Å². The van der Waals surface area contributed by atoms with Crippen molar-refractivity contribution in [1.82, 2.24) is 19.0 Å². The number of hydrogen-bond donors (Lipinski definition) is 1. The third-order valence-electron chi connectivity index (χ3n) is 8.71. The Morgan fingerprint density at radius 3 is 2.70 bits per heavy atom. The molecular formula is C29H30N6O2. The van der Waals surface area contributed by atoms with E-state index in [1.54, 1.807) is 7.11 Å². The minimum absolute atomic E-state index is 0.00179. The molecule has 188 valence electrons. The number of benzene rings is 2. The van der Waals surface area contributed by atoms with Gasteiger partial charge in [0.25, 0.3) is 5.91 Å². The summed E-state index contributed by atoms with van der Waals surface area (Å²) in [5, 5.41) is 10.4. The van der Waals surface area contributed by atoms with Crippen molar-refractivity contribution in [2.75, 3.05) is 13.7 Å². The zero-order chi connectivity index (χ0) is 25.4. The van der Waals surface area contributed by atoms with Gasteiger partial charge in [0, 0.05) is 48.7 Å². The van der Waals surface area contributed by atoms with Crippen LogP contribution in [-0.4, -0.2) is 50.7 Å². The van der Waals surface area contributed by atoms with E-state index in [0.29, 0.717) is 28.7 Å². The molecule has 2 N–H and O–H groups in total. The predicted octanol–water partition coefficient (Wildman–Crippen LogP) is 4.05. The number of fused-ring (bicyclic) bond motifs is 4. The molecule has 2 aromatic heterocycles. The molecular weight excluding hydrogens is 464 g/mol. The summed E-state index contributed by atoms with van der Waals surface area (Å²) < 4.78 is 10.2. The Hall–Kier alpha value is -3.83. The van der Waals surface area contributed by atoms with Gasteiger partial charge in [-0.2, -0.15) is 5.26 Å². The van der Waals surface area contributed by atoms with Gasteiger partial charge in [-0.15, -0.1) is 0 Å². The summed E-state index contributed by atoms with van der Waals surface area (Å²) in [5.41, 5.74) is 11.3. The lowest BCUT2D eigenvalue weighted by molar-refractivity contribution is 0.0700. The fourth-order valence-electron chi connectivity index (χ4n) is 6.55. The number of aromatic nitrogens is 3. The molecule has 0 spiro atoms. The number of carbonyl (C=O) groups excluding carboxylic acids is 1. The molecule has 1 saturated heterocycles. The zero-order valence-corrected chi connectivity index (χ0v) is 21.1. The Labute approximate surface area is 215 Å². The number of carbonyl (C=O) groups is 1. The van der Waals surface area contributed by atoms with Crippen molar-refractivity contribution >= 4 is 27.8 Å². The Morgan fingerprint density at radius 1 is 1.19 bits per heavy atom. The van der Waals surface area contributed by atoms with Crippen LogP contribution in [0.25, 0.3) is 33.5 Å². The maximum Gasteiger partial charge on any atom is 0.254 e. The fraction of sp³-hybridized carbons (Fsp3) is 0.414. The lowest BCUT2D eigenvalue weighted by Crippen LogP contribution is -2.41. The van der Waals surface area contributed by atoms with Crippen LogP contribution in [0.15, 0.2) is 36.4 Å². The molecule has 2 aromatic carbocycles. The molecule has 37 heavy (non-hydrogen) atoms. The summed E-state index contributed by atoms with van der Waals surface area (Å²) in [6.45, 7) is 1.65. The summed E-state index contributed by atoms with van der Waals surface area (Å²) in [7, 11) is 3.63. The van der Waals surface area contributed by atoms with E-state index in [1.165, 1.54) is 12.8 Å². The molecule has 1 unspecified atom stereocenters. The topological polar surface area (TPSA) is 102 Å². The molecule has 1 amide bonds. The number of amides is 1. The lowest BCUT2D eigenvalue weighted by Gasteiger charge is -2.27. The molecule has 3 aliphatic rings. The molecule has 1 aliphatic heterocycles. The average Bonchev–Trinajstić information content (AvgIpc) is 3.32. The number of aryl methyl sites for hydroxylation is 1. The predicted molar refractivity (Wildman–Crippen MR) is 141 cm³/mol. The third kappa shape index (κ3) is 3.37. The number of nitrogens with two attached hydrogens (primary N) is 1. The second-order valence-corrected chi connectivity index (χ2v) is 10.9. The summed E-state index contributed by atoms with van der Waals surface area (Å²) in [6, 6.07) is 14.2. The SMILES string of the molecule is COc1cc(C(=O)N2C[C@H]3CCC2[C@H]3N)cc2nc(-c3cc4cc(C#N)ccc4n3CC3CC3)n(C)c12. The average molecular weight is 495 g/mol. The molecule has 2 bridgehead atoms. The largest absolute Gasteiger partial charge is 0.494 e. The highest BCUT2D eigenvalue weighted by molar-refractivity contribution is 6.00. The fourth-order valence-corrected chi connectivity index (χ4v) is 6.55. The molecule has 0 radical (unpaired) electrons. The third-order valence-corrected chi connectivity index (χ3v) is 8.71. The van der Waals surface area contributed by atoms with Gasteiger partial charge < -0.3 is 24.5 Å². The van der Waals surface area contributed by atoms with Gasteiger partial charge >= 0.3 is 0 Å². The van der Waals surface area contributed by atoms with Gasteiger partial charge in [-0.25, -0.2) is 4.98 Å².